The molecule has 2 rings (SSSR count). The second-order valence-corrected chi connectivity index (χ2v) is 4.52. The first-order valence-corrected chi connectivity index (χ1v) is 5.95. The predicted octanol–water partition coefficient (Wildman–Crippen LogP) is 3.96. The molecule has 88 valence electrons. The topological polar surface area (TPSA) is 24.9 Å². The zero-order chi connectivity index (χ0) is 12.3. The molecule has 0 aliphatic carbocycles. The van der Waals surface area contributed by atoms with E-state index >= 15 is 0 Å². The lowest BCUT2D eigenvalue weighted by Crippen LogP contribution is -2.03. The van der Waals surface area contributed by atoms with Gasteiger partial charge in [-0.2, -0.15) is 0 Å². The Morgan fingerprint density at radius 1 is 1.18 bits per heavy atom. The summed E-state index contributed by atoms with van der Waals surface area (Å²) >= 11 is 5.97. The molecular formula is C14H15ClN2. The summed E-state index contributed by atoms with van der Waals surface area (Å²) in [5.41, 5.74) is 4.30. The number of hydrogen-bond donors (Lipinski definition) is 1. The molecule has 0 atom stereocenters. The van der Waals surface area contributed by atoms with Gasteiger partial charge in [-0.1, -0.05) is 23.7 Å². The largest absolute Gasteiger partial charge is 0.379 e. The number of pyridine rings is 1. The summed E-state index contributed by atoms with van der Waals surface area (Å²) in [4.78, 5) is 4.44. The van der Waals surface area contributed by atoms with E-state index in [1.165, 1.54) is 5.56 Å². The van der Waals surface area contributed by atoms with Gasteiger partial charge < -0.3 is 5.32 Å². The van der Waals surface area contributed by atoms with Crippen molar-refractivity contribution in [3.05, 3.63) is 58.4 Å². The lowest BCUT2D eigenvalue weighted by Gasteiger charge is -2.09. The molecule has 1 heterocycles. The maximum absolute atomic E-state index is 5.97. The maximum Gasteiger partial charge on any atom is 0.0597 e. The van der Waals surface area contributed by atoms with E-state index in [0.29, 0.717) is 6.54 Å². The van der Waals surface area contributed by atoms with Crippen molar-refractivity contribution in [1.82, 2.24) is 4.98 Å². The van der Waals surface area contributed by atoms with Crippen molar-refractivity contribution >= 4 is 17.3 Å². The molecule has 0 fully saturated rings. The number of rotatable bonds is 3. The van der Waals surface area contributed by atoms with Crippen molar-refractivity contribution in [2.24, 2.45) is 0 Å². The molecule has 0 amide bonds. The Balaban J connectivity index is 2.09. The first-order valence-electron chi connectivity index (χ1n) is 5.58. The van der Waals surface area contributed by atoms with E-state index in [1.54, 1.807) is 0 Å². The Labute approximate surface area is 107 Å². The maximum atomic E-state index is 5.97. The van der Waals surface area contributed by atoms with Crippen LogP contribution >= 0.6 is 11.6 Å². The fraction of sp³-hybridized carbons (Fsp3) is 0.214. The second-order valence-electron chi connectivity index (χ2n) is 4.08. The summed E-state index contributed by atoms with van der Waals surface area (Å²) < 4.78 is 0. The normalized spacial score (nSPS) is 10.3. The summed E-state index contributed by atoms with van der Waals surface area (Å²) in [5, 5.41) is 4.10. The number of benzene rings is 1. The molecular weight excluding hydrogens is 232 g/mol. The average Bonchev–Trinajstić information content (AvgIpc) is 2.30. The van der Waals surface area contributed by atoms with Gasteiger partial charge in [-0.3, -0.25) is 4.98 Å². The van der Waals surface area contributed by atoms with Crippen molar-refractivity contribution in [3.8, 4) is 0 Å². The number of nitrogens with zero attached hydrogens (tertiary/aromatic N) is 1. The van der Waals surface area contributed by atoms with E-state index in [9.17, 15) is 0 Å². The Bertz CT molecular complexity index is 523. The number of aryl methyl sites for hydroxylation is 2. The third-order valence-corrected chi connectivity index (χ3v) is 2.84. The molecule has 0 saturated carbocycles. The molecule has 3 heteroatoms. The van der Waals surface area contributed by atoms with Crippen LogP contribution in [0.3, 0.4) is 0 Å². The molecule has 1 aromatic heterocycles. The van der Waals surface area contributed by atoms with Gasteiger partial charge in [0.25, 0.3) is 0 Å². The lowest BCUT2D eigenvalue weighted by atomic mass is 10.2. The van der Waals surface area contributed by atoms with Gasteiger partial charge in [0.15, 0.2) is 0 Å². The molecule has 0 aliphatic rings. The molecule has 0 bridgehead atoms. The molecule has 0 unspecified atom stereocenters. The zero-order valence-electron chi connectivity index (χ0n) is 10.00. The first kappa shape index (κ1) is 11.9. The number of aromatic nitrogens is 1. The van der Waals surface area contributed by atoms with Gasteiger partial charge in [0.1, 0.15) is 0 Å². The van der Waals surface area contributed by atoms with Crippen LogP contribution < -0.4 is 5.32 Å². The number of halogens is 1. The van der Waals surface area contributed by atoms with E-state index in [0.717, 1.165) is 22.1 Å². The highest BCUT2D eigenvalue weighted by Crippen LogP contribution is 2.20. The van der Waals surface area contributed by atoms with Gasteiger partial charge in [0.2, 0.25) is 0 Å². The molecule has 1 aromatic carbocycles. The smallest absolute Gasteiger partial charge is 0.0597 e. The van der Waals surface area contributed by atoms with Crippen LogP contribution in [0.25, 0.3) is 0 Å². The minimum atomic E-state index is 0.711. The van der Waals surface area contributed by atoms with Crippen molar-refractivity contribution in [1.29, 1.82) is 0 Å². The van der Waals surface area contributed by atoms with Gasteiger partial charge >= 0.3 is 0 Å². The van der Waals surface area contributed by atoms with E-state index < -0.39 is 0 Å². The van der Waals surface area contributed by atoms with Gasteiger partial charge in [0.05, 0.1) is 12.2 Å². The average molecular weight is 247 g/mol. The van der Waals surface area contributed by atoms with E-state index in [4.69, 9.17) is 11.6 Å². The summed E-state index contributed by atoms with van der Waals surface area (Å²) in [7, 11) is 0. The Kier molecular flexibility index (Phi) is 3.64. The molecule has 0 aliphatic heterocycles. The van der Waals surface area contributed by atoms with Gasteiger partial charge in [-0.25, -0.2) is 0 Å². The first-order chi connectivity index (χ1) is 8.15. The van der Waals surface area contributed by atoms with Crippen LogP contribution in [0.1, 0.15) is 17.0 Å². The van der Waals surface area contributed by atoms with Crippen LogP contribution in [0, 0.1) is 13.8 Å². The van der Waals surface area contributed by atoms with E-state index in [2.05, 4.69) is 17.2 Å². The number of nitrogens with one attached hydrogen (secondary N) is 1. The van der Waals surface area contributed by atoms with Crippen LogP contribution in [0.5, 0.6) is 0 Å². The van der Waals surface area contributed by atoms with Crippen LogP contribution in [0.15, 0.2) is 36.4 Å². The highest BCUT2D eigenvalue weighted by atomic mass is 35.5. The molecule has 0 saturated heterocycles. The van der Waals surface area contributed by atoms with Gasteiger partial charge in [-0.15, -0.1) is 0 Å². The standard InChI is InChI=1S/C14H15ClN2/c1-10-6-7-12(15)8-14(10)16-9-13-5-3-4-11(2)17-13/h3-8,16H,9H2,1-2H3. The monoisotopic (exact) mass is 246 g/mol. The quantitative estimate of drug-likeness (QED) is 0.887. The molecule has 2 nitrogen and oxygen atoms in total. The number of hydrogen-bond acceptors (Lipinski definition) is 2. The Morgan fingerprint density at radius 2 is 2.00 bits per heavy atom. The summed E-state index contributed by atoms with van der Waals surface area (Å²) in [5.74, 6) is 0. The van der Waals surface area contributed by atoms with Crippen molar-refractivity contribution in [2.75, 3.05) is 5.32 Å². The predicted molar refractivity (Wildman–Crippen MR) is 72.5 cm³/mol. The fourth-order valence-electron chi connectivity index (χ4n) is 1.67. The van der Waals surface area contributed by atoms with E-state index in [1.807, 2.05) is 43.3 Å². The number of anilines is 1. The minimum Gasteiger partial charge on any atom is -0.379 e. The molecule has 1 N–H and O–H groups in total. The third-order valence-electron chi connectivity index (χ3n) is 2.61. The highest BCUT2D eigenvalue weighted by Gasteiger charge is 2.00. The van der Waals surface area contributed by atoms with Crippen molar-refractivity contribution < 1.29 is 0 Å². The summed E-state index contributed by atoms with van der Waals surface area (Å²) in [6.07, 6.45) is 0. The van der Waals surface area contributed by atoms with Crippen molar-refractivity contribution in [2.45, 2.75) is 20.4 Å². The Hall–Kier alpha value is -1.54. The third kappa shape index (κ3) is 3.21. The Morgan fingerprint density at radius 3 is 2.76 bits per heavy atom. The summed E-state index contributed by atoms with van der Waals surface area (Å²) in [6.45, 7) is 4.76. The van der Waals surface area contributed by atoms with Crippen LogP contribution in [-0.4, -0.2) is 4.98 Å². The van der Waals surface area contributed by atoms with Crippen LogP contribution in [-0.2, 0) is 6.54 Å². The molecule has 17 heavy (non-hydrogen) atoms. The van der Waals surface area contributed by atoms with Gasteiger partial charge in [0, 0.05) is 16.4 Å². The second kappa shape index (κ2) is 5.19. The molecule has 0 spiro atoms. The van der Waals surface area contributed by atoms with E-state index in [-0.39, 0.29) is 0 Å². The minimum absolute atomic E-state index is 0.711. The van der Waals surface area contributed by atoms with Gasteiger partial charge in [-0.05, 0) is 43.7 Å². The van der Waals surface area contributed by atoms with Crippen LogP contribution in [0.2, 0.25) is 5.02 Å². The fourth-order valence-corrected chi connectivity index (χ4v) is 1.84. The zero-order valence-corrected chi connectivity index (χ0v) is 10.8. The SMILES string of the molecule is Cc1cccc(CNc2cc(Cl)ccc2C)n1. The van der Waals surface area contributed by atoms with Crippen molar-refractivity contribution in [3.63, 3.8) is 0 Å². The lowest BCUT2D eigenvalue weighted by molar-refractivity contribution is 1.01. The summed E-state index contributed by atoms with van der Waals surface area (Å²) in [6, 6.07) is 11.9. The molecule has 0 radical (unpaired) electrons. The highest BCUT2D eigenvalue weighted by molar-refractivity contribution is 6.30. The van der Waals surface area contributed by atoms with Crippen LogP contribution in [0.4, 0.5) is 5.69 Å². The molecule has 2 aromatic rings.